The smallest absolute Gasteiger partial charge is 0.268 e. The summed E-state index contributed by atoms with van der Waals surface area (Å²) in [5.41, 5.74) is 23.6. The highest BCUT2D eigenvalue weighted by Crippen LogP contribution is 2.50. The first-order valence-corrected chi connectivity index (χ1v) is 42.8. The molecule has 16 aromatic rings. The van der Waals surface area contributed by atoms with E-state index in [9.17, 15) is 0 Å². The molecule has 4 amide bonds. The van der Waals surface area contributed by atoms with Gasteiger partial charge in [-0.15, -0.1) is 0 Å². The predicted molar refractivity (Wildman–Crippen MR) is 503 cm³/mol. The molecule has 2 aliphatic heterocycles. The molecular formula is C110H112N6O4. The highest BCUT2D eigenvalue weighted by Gasteiger charge is 2.46. The largest absolute Gasteiger partial charge is 0.308 e. The number of hydrogen-bond donors (Lipinski definition) is 0. The monoisotopic (exact) mass is 1580 g/mol. The fourth-order valence-corrected chi connectivity index (χ4v) is 18.9. The van der Waals surface area contributed by atoms with Crippen LogP contribution in [0.2, 0.25) is 0 Å². The van der Waals surface area contributed by atoms with Crippen molar-refractivity contribution in [1.29, 1.82) is 0 Å². The van der Waals surface area contributed by atoms with Crippen molar-refractivity contribution in [2.75, 3.05) is 9.80 Å². The number of carbonyl (C=O) groups is 4. The topological polar surface area (TPSA) is 94.5 Å². The molecule has 2 aliphatic rings. The highest BCUT2D eigenvalue weighted by molar-refractivity contribution is 6.39. The summed E-state index contributed by atoms with van der Waals surface area (Å²) in [6.45, 7) is 57.7. The van der Waals surface area contributed by atoms with Gasteiger partial charge in [0.25, 0.3) is 23.6 Å². The van der Waals surface area contributed by atoms with Gasteiger partial charge in [0, 0.05) is 43.1 Å². The zero-order chi connectivity index (χ0) is 85.8. The Bertz CT molecular complexity index is 6120. The quantitative estimate of drug-likeness (QED) is 0.149. The second-order valence-electron chi connectivity index (χ2n) is 42.8. The number of aromatic nitrogens is 4. The highest BCUT2D eigenvalue weighted by atomic mass is 16.2. The van der Waals surface area contributed by atoms with Crippen LogP contribution >= 0.6 is 0 Å². The Morgan fingerprint density at radius 1 is 0.183 bits per heavy atom. The molecule has 0 atom stereocenters. The van der Waals surface area contributed by atoms with Gasteiger partial charge in [0.2, 0.25) is 0 Å². The number of benzene rings is 12. The van der Waals surface area contributed by atoms with Crippen molar-refractivity contribution in [3.8, 4) is 33.9 Å². The average Bonchev–Trinajstić information content (AvgIpc) is 1.56. The molecule has 10 heteroatoms. The molecule has 0 radical (unpaired) electrons. The van der Waals surface area contributed by atoms with Crippen molar-refractivity contribution >= 4 is 122 Å². The van der Waals surface area contributed by atoms with Crippen LogP contribution in [0.4, 0.5) is 11.4 Å². The number of fused-ring (bicyclic) bond motifs is 14. The van der Waals surface area contributed by atoms with Gasteiger partial charge in [-0.1, -0.05) is 227 Å². The Hall–Kier alpha value is -11.9. The summed E-state index contributed by atoms with van der Waals surface area (Å²) in [4.78, 5) is 69.1. The summed E-state index contributed by atoms with van der Waals surface area (Å²) in [6, 6.07) is 73.8. The Morgan fingerprint density at radius 2 is 0.333 bits per heavy atom. The maximum Gasteiger partial charge on any atom is 0.268 e. The van der Waals surface area contributed by atoms with Gasteiger partial charge in [-0.3, -0.25) is 19.2 Å². The summed E-state index contributed by atoms with van der Waals surface area (Å²) < 4.78 is 8.86. The van der Waals surface area contributed by atoms with Gasteiger partial charge >= 0.3 is 0 Å². The van der Waals surface area contributed by atoms with Crippen molar-refractivity contribution in [1.82, 2.24) is 18.3 Å². The molecule has 0 saturated heterocycles. The number of hydrogen-bond acceptors (Lipinski definition) is 4. The molecule has 6 heterocycles. The number of anilines is 2. The lowest BCUT2D eigenvalue weighted by atomic mass is 9.85. The van der Waals surface area contributed by atoms with Crippen LogP contribution in [0.15, 0.2) is 206 Å². The summed E-state index contributed by atoms with van der Waals surface area (Å²) in [6.07, 6.45) is 0. The van der Waals surface area contributed by atoms with E-state index in [2.05, 4.69) is 354 Å². The van der Waals surface area contributed by atoms with E-state index in [4.69, 9.17) is 0 Å². The van der Waals surface area contributed by atoms with Crippen LogP contribution in [0.3, 0.4) is 0 Å². The number of imide groups is 2. The van der Waals surface area contributed by atoms with Crippen molar-refractivity contribution in [2.24, 2.45) is 0 Å². The number of amides is 4. The van der Waals surface area contributed by atoms with Gasteiger partial charge in [-0.05, 0) is 270 Å². The molecule has 0 fully saturated rings. The summed E-state index contributed by atoms with van der Waals surface area (Å²) in [7, 11) is 0. The number of carbonyl (C=O) groups excluding carboxylic acids is 4. The molecule has 0 spiro atoms. The minimum absolute atomic E-state index is 0.148. The zero-order valence-corrected chi connectivity index (χ0v) is 74.9. The van der Waals surface area contributed by atoms with Crippen molar-refractivity contribution in [3.05, 3.63) is 284 Å². The van der Waals surface area contributed by atoms with E-state index >= 15 is 19.2 Å². The van der Waals surface area contributed by atoms with E-state index in [-0.39, 0.29) is 43.3 Å². The molecule has 12 aromatic carbocycles. The molecule has 120 heavy (non-hydrogen) atoms. The first-order chi connectivity index (χ1) is 56.1. The van der Waals surface area contributed by atoms with Crippen LogP contribution in [0.5, 0.6) is 0 Å². The summed E-state index contributed by atoms with van der Waals surface area (Å²) in [5, 5.41) is 8.58. The summed E-state index contributed by atoms with van der Waals surface area (Å²) in [5.74, 6) is -1.67. The third-order valence-electron chi connectivity index (χ3n) is 26.2. The molecular weight excluding hydrogens is 1470 g/mol. The van der Waals surface area contributed by atoms with Crippen LogP contribution in [-0.4, -0.2) is 41.9 Å². The van der Waals surface area contributed by atoms with E-state index in [1.54, 1.807) is 0 Å². The molecule has 606 valence electrons. The van der Waals surface area contributed by atoms with Gasteiger partial charge in [0.1, 0.15) is 0 Å². The Balaban J connectivity index is 0.788. The van der Waals surface area contributed by atoms with E-state index in [1.165, 1.54) is 54.3 Å². The maximum atomic E-state index is 16.6. The fraction of sp³-hybridized carbons (Fsp3) is 0.309. The van der Waals surface area contributed by atoms with E-state index < -0.39 is 23.6 Å². The van der Waals surface area contributed by atoms with Crippen molar-refractivity contribution < 1.29 is 19.2 Å². The SMILES string of the molecule is Cc1cc(-c2ccc(N3C(=O)c4c(-n5c6ccc(C(C)(C)C)cc6c6cc(C(C)(C)C)ccc65)ccc(-n5c6ccc(C(C)(C)C)cc6c6cc(C(C)(C)C)ccc65)c4C3=O)c(C)c2)ccc1N1C(=O)c2c(-n3c4ccc(C(C)(C)C)cc4c4cc(C(C)(C)C)ccc43)ccc(-n3c4ccc(C(C)(C)C)cc4c4cc(C(C)(C)C)ccc43)c2C1=O. The molecule has 10 nitrogen and oxygen atoms in total. The van der Waals surface area contributed by atoms with E-state index in [1.807, 2.05) is 50.2 Å². The second-order valence-corrected chi connectivity index (χ2v) is 42.8. The normalized spacial score (nSPS) is 14.3. The van der Waals surface area contributed by atoms with Gasteiger partial charge in [-0.25, -0.2) is 9.80 Å². The van der Waals surface area contributed by atoms with Crippen LogP contribution in [-0.2, 0) is 43.3 Å². The van der Waals surface area contributed by atoms with Gasteiger partial charge in [-0.2, -0.15) is 0 Å². The average molecular weight is 1580 g/mol. The number of rotatable bonds is 7. The third kappa shape index (κ3) is 12.4. The fourth-order valence-electron chi connectivity index (χ4n) is 18.9. The minimum Gasteiger partial charge on any atom is -0.308 e. The van der Waals surface area contributed by atoms with Crippen LogP contribution in [0.1, 0.15) is 263 Å². The lowest BCUT2D eigenvalue weighted by molar-refractivity contribution is 0.0910. The third-order valence-corrected chi connectivity index (χ3v) is 26.2. The number of nitrogens with zero attached hydrogens (tertiary/aromatic N) is 6. The first-order valence-electron chi connectivity index (χ1n) is 42.8. The molecule has 18 rings (SSSR count). The minimum atomic E-state index is -0.418. The van der Waals surface area contributed by atoms with Crippen LogP contribution in [0, 0.1) is 13.8 Å². The molecule has 0 bridgehead atoms. The van der Waals surface area contributed by atoms with E-state index in [0.717, 1.165) is 98.4 Å². The predicted octanol–water partition coefficient (Wildman–Crippen LogP) is 28.3. The Morgan fingerprint density at radius 3 is 0.475 bits per heavy atom. The maximum absolute atomic E-state index is 16.6. The Kier molecular flexibility index (Phi) is 17.4. The Labute approximate surface area is 706 Å². The van der Waals surface area contributed by atoms with Crippen molar-refractivity contribution in [2.45, 2.75) is 223 Å². The second kappa shape index (κ2) is 26.3. The zero-order valence-electron chi connectivity index (χ0n) is 74.9. The van der Waals surface area contributed by atoms with Crippen LogP contribution < -0.4 is 9.80 Å². The standard InChI is InChI=1S/C110H112N6O4/c1-61-51-63(27-37-81(61)115-99(117)95-91(111-83-39-29-65(103(3,4)5)53-73(83)74-54-66(104(6,7)8)30-40-84(74)111)47-48-92(96(95)100(115)118)112-85-41-31-67(105(9,10)11)55-75(85)76-56-68(106(12,13)14)32-42-86(76)112)64-28-38-82(62(2)52-64)116-101(119)97-93(113-87-43-33-69(107(15,16)17)57-77(87)78-58-70(108(18,19)20)34-44-88(78)113)49-50-94(98(97)102(116)120)114-89-45-35-71(109(21,22)23)59-79(89)80-60-72(110(24,25)26)36-46-90(80)114/h27-60H,1-26H3. The van der Waals surface area contributed by atoms with Gasteiger partial charge < -0.3 is 18.3 Å². The van der Waals surface area contributed by atoms with Gasteiger partial charge in [0.15, 0.2) is 0 Å². The number of aryl methyl sites for hydroxylation is 2. The summed E-state index contributed by atoms with van der Waals surface area (Å²) >= 11 is 0. The van der Waals surface area contributed by atoms with Gasteiger partial charge in [0.05, 0.1) is 101 Å². The lowest BCUT2D eigenvalue weighted by Crippen LogP contribution is -2.30. The van der Waals surface area contributed by atoms with E-state index in [0.29, 0.717) is 67.5 Å². The van der Waals surface area contributed by atoms with Crippen LogP contribution in [0.25, 0.3) is 121 Å². The molecule has 0 unspecified atom stereocenters. The molecule has 0 N–H and O–H groups in total. The molecule has 4 aromatic heterocycles. The first kappa shape index (κ1) is 79.2. The molecule has 0 saturated carbocycles. The lowest BCUT2D eigenvalue weighted by Gasteiger charge is -2.20. The molecule has 0 aliphatic carbocycles. The van der Waals surface area contributed by atoms with Crippen molar-refractivity contribution in [3.63, 3.8) is 0 Å².